The highest BCUT2D eigenvalue weighted by molar-refractivity contribution is 5.66. The third-order valence-electron chi connectivity index (χ3n) is 2.32. The van der Waals surface area contributed by atoms with E-state index in [9.17, 15) is 10.1 Å². The fraction of sp³-hybridized carbons (Fsp3) is 0.0833. The van der Waals surface area contributed by atoms with E-state index >= 15 is 0 Å². The molecule has 86 valence electrons. The quantitative estimate of drug-likeness (QED) is 0.600. The van der Waals surface area contributed by atoms with E-state index in [0.717, 1.165) is 5.69 Å². The molecule has 0 N–H and O–H groups in total. The van der Waals surface area contributed by atoms with Crippen LogP contribution in [0.2, 0.25) is 0 Å². The third-order valence-corrected chi connectivity index (χ3v) is 2.32. The zero-order chi connectivity index (χ0) is 12.4. The van der Waals surface area contributed by atoms with E-state index in [2.05, 4.69) is 11.7 Å². The van der Waals surface area contributed by atoms with Gasteiger partial charge in [-0.2, -0.15) is 5.10 Å². The van der Waals surface area contributed by atoms with Gasteiger partial charge in [-0.1, -0.05) is 24.8 Å². The monoisotopic (exact) mass is 229 g/mol. The highest BCUT2D eigenvalue weighted by Gasteiger charge is 2.20. The van der Waals surface area contributed by atoms with Crippen LogP contribution in [0.5, 0.6) is 0 Å². The molecule has 17 heavy (non-hydrogen) atoms. The van der Waals surface area contributed by atoms with E-state index in [-0.39, 0.29) is 5.69 Å². The van der Waals surface area contributed by atoms with Crippen molar-refractivity contribution in [2.75, 3.05) is 0 Å². The van der Waals surface area contributed by atoms with Gasteiger partial charge in [0.15, 0.2) is 5.69 Å². The van der Waals surface area contributed by atoms with Gasteiger partial charge in [-0.3, -0.25) is 10.1 Å². The van der Waals surface area contributed by atoms with Crippen LogP contribution < -0.4 is 0 Å². The molecule has 0 fully saturated rings. The molecule has 0 aliphatic carbocycles. The van der Waals surface area contributed by atoms with Crippen LogP contribution in [0, 0.1) is 10.1 Å². The molecule has 0 spiro atoms. The van der Waals surface area contributed by atoms with Gasteiger partial charge >= 0.3 is 5.69 Å². The average Bonchev–Trinajstić information content (AvgIpc) is 2.75. The Morgan fingerprint density at radius 2 is 2.06 bits per heavy atom. The average molecular weight is 229 g/mol. The second-order valence-electron chi connectivity index (χ2n) is 3.68. The minimum atomic E-state index is -0.448. The van der Waals surface area contributed by atoms with Crippen LogP contribution in [-0.2, 0) is 0 Å². The highest BCUT2D eigenvalue weighted by Crippen LogP contribution is 2.24. The Morgan fingerprint density at radius 1 is 1.41 bits per heavy atom. The minimum absolute atomic E-state index is 0.0265. The lowest BCUT2D eigenvalue weighted by Gasteiger charge is -1.98. The van der Waals surface area contributed by atoms with E-state index in [4.69, 9.17) is 0 Å². The van der Waals surface area contributed by atoms with Gasteiger partial charge in [0, 0.05) is 0 Å². The molecule has 0 atom stereocenters. The number of nitrogens with zero attached hydrogens (tertiary/aromatic N) is 3. The predicted molar refractivity (Wildman–Crippen MR) is 64.9 cm³/mol. The molecule has 0 radical (unpaired) electrons. The summed E-state index contributed by atoms with van der Waals surface area (Å²) in [7, 11) is 0. The SMILES string of the molecule is C=C(C)c1nn(-c2ccccc2)cc1[N+](=O)[O-]. The van der Waals surface area contributed by atoms with Crippen molar-refractivity contribution in [3.05, 3.63) is 58.9 Å². The number of nitro groups is 1. The standard InChI is InChI=1S/C12H11N3O2/c1-9(2)12-11(15(16)17)8-14(13-12)10-6-4-3-5-7-10/h3-8H,1H2,2H3. The number of allylic oxidation sites excluding steroid dienone is 1. The fourth-order valence-corrected chi connectivity index (χ4v) is 1.52. The maximum Gasteiger partial charge on any atom is 0.315 e. The van der Waals surface area contributed by atoms with Crippen LogP contribution in [-0.4, -0.2) is 14.7 Å². The Kier molecular flexibility index (Phi) is 2.74. The van der Waals surface area contributed by atoms with Gasteiger partial charge in [0.05, 0.1) is 10.6 Å². The van der Waals surface area contributed by atoms with Crippen LogP contribution in [0.15, 0.2) is 43.1 Å². The topological polar surface area (TPSA) is 61.0 Å². The number of benzene rings is 1. The van der Waals surface area contributed by atoms with Crippen LogP contribution in [0.1, 0.15) is 12.6 Å². The Balaban J connectivity index is 2.55. The van der Waals surface area contributed by atoms with E-state index in [1.807, 2.05) is 30.3 Å². The summed E-state index contributed by atoms with van der Waals surface area (Å²) in [4.78, 5) is 10.4. The molecule has 0 aliphatic heterocycles. The van der Waals surface area contributed by atoms with Gasteiger partial charge in [-0.25, -0.2) is 4.68 Å². The van der Waals surface area contributed by atoms with Crippen molar-refractivity contribution in [1.82, 2.24) is 9.78 Å². The Labute approximate surface area is 98.2 Å². The lowest BCUT2D eigenvalue weighted by molar-refractivity contribution is -0.385. The third kappa shape index (κ3) is 2.08. The Hall–Kier alpha value is -2.43. The molecule has 0 unspecified atom stereocenters. The minimum Gasteiger partial charge on any atom is -0.258 e. The summed E-state index contributed by atoms with van der Waals surface area (Å²) in [5.41, 5.74) is 1.65. The van der Waals surface area contributed by atoms with E-state index in [1.54, 1.807) is 6.92 Å². The van der Waals surface area contributed by atoms with Crippen LogP contribution in [0.3, 0.4) is 0 Å². The molecule has 1 aromatic heterocycles. The highest BCUT2D eigenvalue weighted by atomic mass is 16.6. The molecular weight excluding hydrogens is 218 g/mol. The lowest BCUT2D eigenvalue weighted by atomic mass is 10.2. The van der Waals surface area contributed by atoms with Gasteiger partial charge < -0.3 is 0 Å². The first-order valence-electron chi connectivity index (χ1n) is 5.05. The van der Waals surface area contributed by atoms with Crippen molar-refractivity contribution in [2.45, 2.75) is 6.92 Å². The summed E-state index contributed by atoms with van der Waals surface area (Å²) in [6.07, 6.45) is 1.40. The summed E-state index contributed by atoms with van der Waals surface area (Å²) >= 11 is 0. The molecule has 0 bridgehead atoms. The maximum absolute atomic E-state index is 10.9. The van der Waals surface area contributed by atoms with Crippen LogP contribution in [0.4, 0.5) is 5.69 Å². The van der Waals surface area contributed by atoms with Crippen molar-refractivity contribution < 1.29 is 4.92 Å². The van der Waals surface area contributed by atoms with Crippen molar-refractivity contribution in [1.29, 1.82) is 0 Å². The Bertz CT molecular complexity index is 541. The summed E-state index contributed by atoms with van der Waals surface area (Å²) in [5, 5.41) is 15.1. The molecule has 5 nitrogen and oxygen atoms in total. The molecular formula is C12H11N3O2. The van der Waals surface area contributed by atoms with Gasteiger partial charge in [0.1, 0.15) is 6.20 Å². The second-order valence-corrected chi connectivity index (χ2v) is 3.68. The summed E-state index contributed by atoms with van der Waals surface area (Å²) < 4.78 is 1.49. The number of aromatic nitrogens is 2. The fourth-order valence-electron chi connectivity index (χ4n) is 1.52. The lowest BCUT2D eigenvalue weighted by Crippen LogP contribution is -1.94. The van der Waals surface area contributed by atoms with Gasteiger partial charge in [-0.05, 0) is 24.6 Å². The molecule has 5 heteroatoms. The molecule has 0 saturated heterocycles. The van der Waals surface area contributed by atoms with E-state index < -0.39 is 4.92 Å². The van der Waals surface area contributed by atoms with Gasteiger partial charge in [0.25, 0.3) is 0 Å². The van der Waals surface area contributed by atoms with Crippen molar-refractivity contribution in [2.24, 2.45) is 0 Å². The summed E-state index contributed by atoms with van der Waals surface area (Å²) in [6, 6.07) is 9.24. The van der Waals surface area contributed by atoms with E-state index in [0.29, 0.717) is 11.3 Å². The first-order chi connectivity index (χ1) is 8.09. The number of hydrogen-bond donors (Lipinski definition) is 0. The maximum atomic E-state index is 10.9. The number of hydrogen-bond acceptors (Lipinski definition) is 3. The van der Waals surface area contributed by atoms with Crippen LogP contribution >= 0.6 is 0 Å². The molecule has 1 aromatic carbocycles. The predicted octanol–water partition coefficient (Wildman–Crippen LogP) is 2.81. The molecule has 1 heterocycles. The number of rotatable bonds is 3. The molecule has 2 aromatic rings. The number of para-hydroxylation sites is 1. The molecule has 0 aliphatic rings. The van der Waals surface area contributed by atoms with Crippen molar-refractivity contribution in [3.63, 3.8) is 0 Å². The van der Waals surface area contributed by atoms with Gasteiger partial charge in [0.2, 0.25) is 0 Å². The first-order valence-corrected chi connectivity index (χ1v) is 5.05. The second kappa shape index (κ2) is 4.21. The van der Waals surface area contributed by atoms with Crippen molar-refractivity contribution in [3.8, 4) is 5.69 Å². The van der Waals surface area contributed by atoms with Gasteiger partial charge in [-0.15, -0.1) is 0 Å². The van der Waals surface area contributed by atoms with E-state index in [1.165, 1.54) is 10.9 Å². The zero-order valence-electron chi connectivity index (χ0n) is 9.33. The molecule has 0 amide bonds. The zero-order valence-corrected chi connectivity index (χ0v) is 9.33. The van der Waals surface area contributed by atoms with Crippen LogP contribution in [0.25, 0.3) is 11.3 Å². The Morgan fingerprint density at radius 3 is 2.53 bits per heavy atom. The molecule has 0 saturated carbocycles. The first kappa shape index (κ1) is 11.1. The summed E-state index contributed by atoms with van der Waals surface area (Å²) in [6.45, 7) is 5.39. The summed E-state index contributed by atoms with van der Waals surface area (Å²) in [5.74, 6) is 0. The van der Waals surface area contributed by atoms with Crippen molar-refractivity contribution >= 4 is 11.3 Å². The molecule has 2 rings (SSSR count). The smallest absolute Gasteiger partial charge is 0.258 e. The normalized spacial score (nSPS) is 10.2. The largest absolute Gasteiger partial charge is 0.315 e.